The van der Waals surface area contributed by atoms with Crippen LogP contribution in [0.2, 0.25) is 0 Å². The number of rotatable bonds is 4. The molecule has 37 heavy (non-hydrogen) atoms. The quantitative estimate of drug-likeness (QED) is 0.313. The lowest BCUT2D eigenvalue weighted by molar-refractivity contribution is 0.253. The molecule has 0 saturated heterocycles. The molecular weight excluding hydrogens is 464 g/mol. The fourth-order valence-electron chi connectivity index (χ4n) is 4.26. The normalized spacial score (nSPS) is 11.0. The molecule has 0 radical (unpaired) electrons. The average molecular weight is 487 g/mol. The maximum atomic E-state index is 12.7. The molecule has 8 heteroatoms. The van der Waals surface area contributed by atoms with Crippen LogP contribution in [0.1, 0.15) is 11.1 Å². The van der Waals surface area contributed by atoms with Crippen molar-refractivity contribution in [2.75, 3.05) is 10.6 Å². The summed E-state index contributed by atoms with van der Waals surface area (Å²) in [5.74, 6) is 0. The van der Waals surface area contributed by atoms with Crippen LogP contribution in [0.5, 0.6) is 0 Å². The van der Waals surface area contributed by atoms with Gasteiger partial charge in [-0.1, -0.05) is 48.5 Å². The number of benzene rings is 4. The fraction of sp³-hybridized carbons (Fsp3) is 0.0345. The van der Waals surface area contributed by atoms with Crippen LogP contribution in [-0.4, -0.2) is 31.2 Å². The van der Waals surface area contributed by atoms with E-state index in [1.807, 2.05) is 97.1 Å². The molecule has 6 aromatic rings. The SMILES string of the molecule is O=C(Nc1ccc(Cc2ccc(NC(=O)n3cnc4ccccc43)cc2)cc1)n1cnc2ccccc21. The summed E-state index contributed by atoms with van der Waals surface area (Å²) in [7, 11) is 0. The second kappa shape index (κ2) is 9.43. The summed E-state index contributed by atoms with van der Waals surface area (Å²) in [4.78, 5) is 33.9. The Bertz CT molecular complexity index is 1600. The molecule has 0 spiro atoms. The Morgan fingerprint density at radius 3 is 1.41 bits per heavy atom. The summed E-state index contributed by atoms with van der Waals surface area (Å²) in [6, 6.07) is 30.0. The second-order valence-electron chi connectivity index (χ2n) is 8.64. The van der Waals surface area contributed by atoms with E-state index in [1.165, 1.54) is 21.8 Å². The highest BCUT2D eigenvalue weighted by Gasteiger charge is 2.11. The lowest BCUT2D eigenvalue weighted by atomic mass is 10.0. The molecule has 6 rings (SSSR count). The van der Waals surface area contributed by atoms with E-state index in [-0.39, 0.29) is 12.1 Å². The molecule has 4 aromatic carbocycles. The first kappa shape index (κ1) is 22.2. The summed E-state index contributed by atoms with van der Waals surface area (Å²) >= 11 is 0. The van der Waals surface area contributed by atoms with Crippen molar-refractivity contribution in [3.05, 3.63) is 121 Å². The first-order chi connectivity index (χ1) is 18.1. The van der Waals surface area contributed by atoms with Crippen LogP contribution in [0.25, 0.3) is 22.1 Å². The number of para-hydroxylation sites is 4. The Kier molecular flexibility index (Phi) is 5.67. The highest BCUT2D eigenvalue weighted by atomic mass is 16.2. The van der Waals surface area contributed by atoms with E-state index < -0.39 is 0 Å². The van der Waals surface area contributed by atoms with Crippen LogP contribution < -0.4 is 10.6 Å². The van der Waals surface area contributed by atoms with Crippen LogP contribution in [-0.2, 0) is 6.42 Å². The maximum Gasteiger partial charge on any atom is 0.331 e. The number of carbonyl (C=O) groups excluding carboxylic acids is 2. The summed E-state index contributed by atoms with van der Waals surface area (Å²) in [5.41, 5.74) is 6.68. The molecule has 0 unspecified atom stereocenters. The Labute approximate surface area is 212 Å². The molecule has 2 aromatic heterocycles. The molecule has 2 N–H and O–H groups in total. The zero-order chi connectivity index (χ0) is 25.2. The minimum absolute atomic E-state index is 0.261. The van der Waals surface area contributed by atoms with Crippen molar-refractivity contribution >= 4 is 45.5 Å². The van der Waals surface area contributed by atoms with Crippen molar-refractivity contribution in [3.8, 4) is 0 Å². The van der Waals surface area contributed by atoms with E-state index in [4.69, 9.17) is 0 Å². The van der Waals surface area contributed by atoms with E-state index in [0.717, 1.165) is 39.6 Å². The van der Waals surface area contributed by atoms with E-state index in [2.05, 4.69) is 20.6 Å². The number of amides is 2. The van der Waals surface area contributed by atoms with Gasteiger partial charge in [-0.25, -0.2) is 19.6 Å². The molecular formula is C29H22N6O2. The Hall–Kier alpha value is -5.24. The Morgan fingerprint density at radius 2 is 0.973 bits per heavy atom. The van der Waals surface area contributed by atoms with E-state index in [0.29, 0.717) is 11.4 Å². The summed E-state index contributed by atoms with van der Waals surface area (Å²) in [5, 5.41) is 5.83. The van der Waals surface area contributed by atoms with Crippen LogP contribution in [0.3, 0.4) is 0 Å². The molecule has 0 fully saturated rings. The smallest absolute Gasteiger partial charge is 0.307 e. The van der Waals surface area contributed by atoms with Crippen LogP contribution in [0, 0.1) is 0 Å². The number of imidazole rings is 2. The molecule has 0 saturated carbocycles. The monoisotopic (exact) mass is 486 g/mol. The highest BCUT2D eigenvalue weighted by molar-refractivity contribution is 5.98. The van der Waals surface area contributed by atoms with Gasteiger partial charge in [-0.05, 0) is 66.1 Å². The topological polar surface area (TPSA) is 93.8 Å². The van der Waals surface area contributed by atoms with Gasteiger partial charge in [0.15, 0.2) is 0 Å². The molecule has 0 bridgehead atoms. The molecule has 0 aliphatic rings. The molecule has 0 atom stereocenters. The van der Waals surface area contributed by atoms with Crippen LogP contribution in [0.15, 0.2) is 110 Å². The van der Waals surface area contributed by atoms with Crippen molar-refractivity contribution < 1.29 is 9.59 Å². The van der Waals surface area contributed by atoms with Crippen LogP contribution in [0.4, 0.5) is 21.0 Å². The van der Waals surface area contributed by atoms with Crippen molar-refractivity contribution in [3.63, 3.8) is 0 Å². The van der Waals surface area contributed by atoms with Gasteiger partial charge in [0.1, 0.15) is 12.7 Å². The third-order valence-corrected chi connectivity index (χ3v) is 6.16. The minimum atomic E-state index is -0.261. The van der Waals surface area contributed by atoms with E-state index >= 15 is 0 Å². The van der Waals surface area contributed by atoms with Crippen molar-refractivity contribution in [2.45, 2.75) is 6.42 Å². The number of fused-ring (bicyclic) bond motifs is 2. The van der Waals surface area contributed by atoms with E-state index in [1.54, 1.807) is 0 Å². The van der Waals surface area contributed by atoms with E-state index in [9.17, 15) is 9.59 Å². The van der Waals surface area contributed by atoms with Crippen LogP contribution >= 0.6 is 0 Å². The second-order valence-corrected chi connectivity index (χ2v) is 8.64. The highest BCUT2D eigenvalue weighted by Crippen LogP contribution is 2.18. The van der Waals surface area contributed by atoms with Gasteiger partial charge in [0.2, 0.25) is 0 Å². The van der Waals surface area contributed by atoms with Gasteiger partial charge in [-0.15, -0.1) is 0 Å². The number of hydrogen-bond donors (Lipinski definition) is 2. The third-order valence-electron chi connectivity index (χ3n) is 6.16. The molecule has 2 amide bonds. The zero-order valence-electron chi connectivity index (χ0n) is 19.7. The van der Waals surface area contributed by atoms with Gasteiger partial charge in [-0.3, -0.25) is 9.13 Å². The first-order valence-corrected chi connectivity index (χ1v) is 11.8. The summed E-state index contributed by atoms with van der Waals surface area (Å²) in [6.07, 6.45) is 3.77. The number of nitrogens with zero attached hydrogens (tertiary/aromatic N) is 4. The number of carbonyl (C=O) groups is 2. The van der Waals surface area contributed by atoms with Gasteiger partial charge in [0.25, 0.3) is 0 Å². The summed E-state index contributed by atoms with van der Waals surface area (Å²) < 4.78 is 3.00. The predicted octanol–water partition coefficient (Wildman–Crippen LogP) is 6.14. The fourth-order valence-corrected chi connectivity index (χ4v) is 4.26. The Balaban J connectivity index is 1.08. The molecule has 8 nitrogen and oxygen atoms in total. The number of aromatic nitrogens is 4. The first-order valence-electron chi connectivity index (χ1n) is 11.8. The maximum absolute atomic E-state index is 12.7. The standard InChI is InChI=1S/C29H22N6O2/c36-28(34-18-30-24-5-1-3-7-26(24)34)32-22-13-9-20(10-14-22)17-21-11-15-23(16-12-21)33-29(37)35-19-31-25-6-2-4-8-27(25)35/h1-16,18-19H,17H2,(H,32,36)(H,33,37). The van der Waals surface area contributed by atoms with Crippen molar-refractivity contribution in [2.24, 2.45) is 0 Å². The predicted molar refractivity (Wildman–Crippen MR) is 144 cm³/mol. The summed E-state index contributed by atoms with van der Waals surface area (Å²) in [6.45, 7) is 0. The molecule has 2 heterocycles. The van der Waals surface area contributed by atoms with Crippen molar-refractivity contribution in [1.82, 2.24) is 19.1 Å². The number of anilines is 2. The minimum Gasteiger partial charge on any atom is -0.307 e. The lowest BCUT2D eigenvalue weighted by Gasteiger charge is -2.09. The van der Waals surface area contributed by atoms with Gasteiger partial charge in [-0.2, -0.15) is 0 Å². The lowest BCUT2D eigenvalue weighted by Crippen LogP contribution is -2.18. The Morgan fingerprint density at radius 1 is 0.568 bits per heavy atom. The third kappa shape index (κ3) is 4.55. The zero-order valence-corrected chi connectivity index (χ0v) is 19.7. The van der Waals surface area contributed by atoms with Gasteiger partial charge in [0.05, 0.1) is 22.1 Å². The molecule has 180 valence electrons. The van der Waals surface area contributed by atoms with Crippen molar-refractivity contribution in [1.29, 1.82) is 0 Å². The molecule has 0 aliphatic carbocycles. The average Bonchev–Trinajstić information content (AvgIpc) is 3.56. The van der Waals surface area contributed by atoms with Gasteiger partial charge < -0.3 is 10.6 Å². The molecule has 0 aliphatic heterocycles. The largest absolute Gasteiger partial charge is 0.331 e. The number of nitrogens with one attached hydrogen (secondary N) is 2. The number of hydrogen-bond acceptors (Lipinski definition) is 4. The van der Waals surface area contributed by atoms with Gasteiger partial charge >= 0.3 is 12.1 Å². The van der Waals surface area contributed by atoms with Gasteiger partial charge in [0, 0.05) is 11.4 Å².